The number of fused-ring (bicyclic) bond motifs is 12. The van der Waals surface area contributed by atoms with Crippen LogP contribution in [0, 0.1) is 0 Å². The second-order valence-electron chi connectivity index (χ2n) is 14.3. The van der Waals surface area contributed by atoms with Crippen molar-refractivity contribution in [3.8, 4) is 51.0 Å². The van der Waals surface area contributed by atoms with Crippen LogP contribution in [0.3, 0.4) is 0 Å². The summed E-state index contributed by atoms with van der Waals surface area (Å²) in [4.78, 5) is 15.2. The summed E-state index contributed by atoms with van der Waals surface area (Å²) in [5, 5.41) is 7.42. The van der Waals surface area contributed by atoms with Crippen LogP contribution < -0.4 is 0 Å². The van der Waals surface area contributed by atoms with E-state index in [4.69, 9.17) is 15.0 Å². The summed E-state index contributed by atoms with van der Waals surface area (Å²) in [6, 6.07) is 60.8. The Hall–Kier alpha value is -6.95. The molecule has 0 unspecified atom stereocenters. The highest BCUT2D eigenvalue weighted by molar-refractivity contribution is 7.26. The van der Waals surface area contributed by atoms with Crippen molar-refractivity contribution < 1.29 is 0 Å². The predicted molar refractivity (Wildman–Crippen MR) is 229 cm³/mol. The molecule has 1 aliphatic carbocycles. The maximum absolute atomic E-state index is 5.14. The van der Waals surface area contributed by atoms with Gasteiger partial charge in [0.2, 0.25) is 0 Å². The van der Waals surface area contributed by atoms with Crippen LogP contribution in [0.5, 0.6) is 0 Å². The number of hydrogen-bond acceptors (Lipinski definition) is 4. The van der Waals surface area contributed by atoms with Gasteiger partial charge in [0.1, 0.15) is 0 Å². The van der Waals surface area contributed by atoms with Gasteiger partial charge in [-0.2, -0.15) is 0 Å². The Labute approximate surface area is 320 Å². The van der Waals surface area contributed by atoms with Gasteiger partial charge in [-0.3, -0.25) is 0 Å². The Morgan fingerprint density at radius 1 is 0.436 bits per heavy atom. The zero-order chi connectivity index (χ0) is 36.0. The van der Waals surface area contributed by atoms with Gasteiger partial charge in [0, 0.05) is 59.7 Å². The Balaban J connectivity index is 1.10. The zero-order valence-electron chi connectivity index (χ0n) is 29.6. The van der Waals surface area contributed by atoms with E-state index >= 15 is 0 Å². The average molecular weight is 719 g/mol. The van der Waals surface area contributed by atoms with Crippen molar-refractivity contribution in [1.29, 1.82) is 0 Å². The second-order valence-corrected chi connectivity index (χ2v) is 15.4. The van der Waals surface area contributed by atoms with Crippen LogP contribution in [-0.2, 0) is 6.42 Å². The number of aromatic nitrogens is 4. The topological polar surface area (TPSA) is 43.6 Å². The summed E-state index contributed by atoms with van der Waals surface area (Å²) < 4.78 is 4.98. The maximum Gasteiger partial charge on any atom is 0.164 e. The molecule has 0 fully saturated rings. The molecule has 0 saturated carbocycles. The molecule has 0 saturated heterocycles. The lowest BCUT2D eigenvalue weighted by atomic mass is 9.98. The second kappa shape index (κ2) is 11.8. The van der Waals surface area contributed by atoms with Gasteiger partial charge in [-0.15, -0.1) is 11.3 Å². The van der Waals surface area contributed by atoms with Crippen molar-refractivity contribution in [3.05, 3.63) is 181 Å². The Bertz CT molecular complexity index is 3280. The third-order valence-corrected chi connectivity index (χ3v) is 12.4. The fraction of sp³-hybridized carbons (Fsp3) is 0.0200. The fourth-order valence-electron chi connectivity index (χ4n) is 8.83. The molecular weight excluding hydrogens is 689 g/mol. The van der Waals surface area contributed by atoms with E-state index in [1.807, 2.05) is 47.7 Å². The van der Waals surface area contributed by atoms with E-state index in [2.05, 4.69) is 138 Å². The van der Waals surface area contributed by atoms with E-state index in [1.165, 1.54) is 75.3 Å². The van der Waals surface area contributed by atoms with Crippen LogP contribution in [0.15, 0.2) is 170 Å². The molecule has 0 N–H and O–H groups in total. The first kappa shape index (κ1) is 30.5. The first-order valence-electron chi connectivity index (χ1n) is 18.7. The van der Waals surface area contributed by atoms with E-state index < -0.39 is 0 Å². The molecule has 0 bridgehead atoms. The van der Waals surface area contributed by atoms with Gasteiger partial charge in [-0.25, -0.2) is 15.0 Å². The predicted octanol–water partition coefficient (Wildman–Crippen LogP) is 13.1. The lowest BCUT2D eigenvalue weighted by Gasteiger charge is -2.12. The summed E-state index contributed by atoms with van der Waals surface area (Å²) in [6.45, 7) is 0. The molecule has 4 nitrogen and oxygen atoms in total. The van der Waals surface area contributed by atoms with Crippen molar-refractivity contribution in [2.75, 3.05) is 0 Å². The number of benzene rings is 8. The van der Waals surface area contributed by atoms with Gasteiger partial charge in [0.25, 0.3) is 0 Å². The van der Waals surface area contributed by atoms with E-state index in [0.29, 0.717) is 17.5 Å². The first-order valence-corrected chi connectivity index (χ1v) is 19.5. The van der Waals surface area contributed by atoms with Gasteiger partial charge >= 0.3 is 0 Å². The average Bonchev–Trinajstić information content (AvgIpc) is 3.93. The van der Waals surface area contributed by atoms with Crippen LogP contribution in [-0.4, -0.2) is 19.5 Å². The lowest BCUT2D eigenvalue weighted by molar-refractivity contribution is 1.08. The summed E-state index contributed by atoms with van der Waals surface area (Å²) in [7, 11) is 0. The van der Waals surface area contributed by atoms with Gasteiger partial charge in [-0.05, 0) is 63.4 Å². The molecule has 11 aromatic rings. The fourth-order valence-corrected chi connectivity index (χ4v) is 9.98. The van der Waals surface area contributed by atoms with E-state index in [0.717, 1.165) is 28.5 Å². The molecule has 3 aromatic heterocycles. The summed E-state index contributed by atoms with van der Waals surface area (Å²) in [5.74, 6) is 2.00. The van der Waals surface area contributed by atoms with Crippen molar-refractivity contribution in [3.63, 3.8) is 0 Å². The minimum atomic E-state index is 0.662. The Morgan fingerprint density at radius 3 is 1.87 bits per heavy atom. The minimum Gasteiger partial charge on any atom is -0.309 e. The van der Waals surface area contributed by atoms with Gasteiger partial charge < -0.3 is 4.57 Å². The maximum atomic E-state index is 5.14. The van der Waals surface area contributed by atoms with Gasteiger partial charge in [0.05, 0.1) is 11.0 Å². The molecule has 0 aliphatic heterocycles. The smallest absolute Gasteiger partial charge is 0.164 e. The van der Waals surface area contributed by atoms with Crippen molar-refractivity contribution in [2.45, 2.75) is 6.42 Å². The SMILES string of the molecule is c1ccc(-c2nc(-c3ccccc3)nc(-c3cc4sc5ccc(-n6c7ccccc7c7ccc8c(c76)Cc6ccccc6-8)cc5c4c4ccccc34)n2)cc1. The molecule has 8 aromatic carbocycles. The number of rotatable bonds is 4. The standard InChI is InChI=1S/C50H30N4S/c1-3-13-30(14-4-1)48-51-49(31-15-5-2-6-16-31)53-50(52-48)41-29-45-46(38-21-10-9-19-35(38)41)42-28-33(23-26-44(42)55-45)54-43-22-12-11-20-37(43)39-25-24-36-34-18-8-7-17-32(34)27-40(36)47(39)54/h1-26,28-29H,27H2. The molecule has 256 valence electrons. The largest absolute Gasteiger partial charge is 0.309 e. The molecule has 1 aliphatic rings. The normalized spacial score (nSPS) is 12.3. The number of nitrogens with zero attached hydrogens (tertiary/aromatic N) is 4. The Kier molecular flexibility index (Phi) is 6.53. The zero-order valence-corrected chi connectivity index (χ0v) is 30.4. The van der Waals surface area contributed by atoms with Gasteiger partial charge in [0.15, 0.2) is 17.5 Å². The molecule has 0 radical (unpaired) electrons. The quantitative estimate of drug-likeness (QED) is 0.182. The summed E-state index contributed by atoms with van der Waals surface area (Å²) in [5.41, 5.74) is 12.1. The number of para-hydroxylation sites is 1. The Morgan fingerprint density at radius 2 is 1.09 bits per heavy atom. The minimum absolute atomic E-state index is 0.662. The van der Waals surface area contributed by atoms with Crippen LogP contribution in [0.1, 0.15) is 11.1 Å². The third-order valence-electron chi connectivity index (χ3n) is 11.3. The molecule has 5 heteroatoms. The van der Waals surface area contributed by atoms with E-state index in [9.17, 15) is 0 Å². The molecule has 3 heterocycles. The van der Waals surface area contributed by atoms with E-state index in [-0.39, 0.29) is 0 Å². The van der Waals surface area contributed by atoms with Crippen LogP contribution in [0.2, 0.25) is 0 Å². The molecular formula is C50H30N4S. The van der Waals surface area contributed by atoms with Crippen molar-refractivity contribution in [1.82, 2.24) is 19.5 Å². The summed E-state index contributed by atoms with van der Waals surface area (Å²) >= 11 is 1.83. The first-order chi connectivity index (χ1) is 27.3. The summed E-state index contributed by atoms with van der Waals surface area (Å²) in [6.07, 6.45) is 0.936. The molecule has 12 rings (SSSR count). The van der Waals surface area contributed by atoms with Crippen LogP contribution >= 0.6 is 11.3 Å². The number of hydrogen-bond donors (Lipinski definition) is 0. The third kappa shape index (κ3) is 4.60. The van der Waals surface area contributed by atoms with Crippen LogP contribution in [0.25, 0.3) is 104 Å². The molecule has 55 heavy (non-hydrogen) atoms. The highest BCUT2D eigenvalue weighted by Gasteiger charge is 2.25. The molecule has 0 spiro atoms. The lowest BCUT2D eigenvalue weighted by Crippen LogP contribution is -2.00. The highest BCUT2D eigenvalue weighted by Crippen LogP contribution is 2.46. The molecule has 0 amide bonds. The van der Waals surface area contributed by atoms with Crippen molar-refractivity contribution >= 4 is 64.1 Å². The monoisotopic (exact) mass is 718 g/mol. The van der Waals surface area contributed by atoms with Crippen molar-refractivity contribution in [2.24, 2.45) is 0 Å². The molecule has 0 atom stereocenters. The van der Waals surface area contributed by atoms with E-state index in [1.54, 1.807) is 0 Å². The van der Waals surface area contributed by atoms with Gasteiger partial charge in [-0.1, -0.05) is 140 Å². The highest BCUT2D eigenvalue weighted by atomic mass is 32.1. The number of thiophene rings is 1. The van der Waals surface area contributed by atoms with Crippen LogP contribution in [0.4, 0.5) is 0 Å².